The molecule has 1 aromatic rings. The van der Waals surface area contributed by atoms with Crippen LogP contribution >= 0.6 is 11.8 Å². The van der Waals surface area contributed by atoms with Crippen molar-refractivity contribution in [3.63, 3.8) is 0 Å². The normalized spacial score (nSPS) is 23.2. The predicted molar refractivity (Wildman–Crippen MR) is 74.9 cm³/mol. The van der Waals surface area contributed by atoms with Gasteiger partial charge in [0.25, 0.3) is 0 Å². The molecule has 6 heteroatoms. The van der Waals surface area contributed by atoms with Crippen LogP contribution in [0.5, 0.6) is 0 Å². The fourth-order valence-corrected chi connectivity index (χ4v) is 2.99. The molecule has 1 aliphatic rings. The predicted octanol–water partition coefficient (Wildman–Crippen LogP) is 2.15. The van der Waals surface area contributed by atoms with Crippen LogP contribution in [-0.2, 0) is 4.74 Å². The van der Waals surface area contributed by atoms with Crippen molar-refractivity contribution < 1.29 is 4.74 Å². The van der Waals surface area contributed by atoms with Gasteiger partial charge in [0.1, 0.15) is 10.8 Å². The molecule has 2 rings (SSSR count). The highest BCUT2D eigenvalue weighted by Crippen LogP contribution is 2.32. The van der Waals surface area contributed by atoms with E-state index in [2.05, 4.69) is 29.1 Å². The topological polar surface area (TPSA) is 73.1 Å². The Labute approximate surface area is 112 Å². The average Bonchev–Trinajstić information content (AvgIpc) is 2.72. The van der Waals surface area contributed by atoms with Crippen LogP contribution in [0.15, 0.2) is 11.1 Å². The number of rotatable bonds is 5. The molecule has 0 bridgehead atoms. The Hall–Kier alpha value is -1.01. The number of nitrogens with zero attached hydrogens (tertiary/aromatic N) is 2. The first-order valence-electron chi connectivity index (χ1n) is 6.35. The van der Waals surface area contributed by atoms with Gasteiger partial charge in [0, 0.05) is 24.5 Å². The summed E-state index contributed by atoms with van der Waals surface area (Å²) in [5.74, 6) is 1.13. The minimum Gasteiger partial charge on any atom is -0.377 e. The molecule has 2 unspecified atom stereocenters. The van der Waals surface area contributed by atoms with E-state index < -0.39 is 0 Å². The minimum atomic E-state index is 0.276. The number of ether oxygens (including phenoxy) is 1. The highest BCUT2D eigenvalue weighted by atomic mass is 32.2. The molecule has 0 amide bonds. The second-order valence-corrected chi connectivity index (χ2v) is 5.66. The smallest absolute Gasteiger partial charge is 0.223 e. The van der Waals surface area contributed by atoms with Gasteiger partial charge in [0.2, 0.25) is 5.95 Å². The van der Waals surface area contributed by atoms with Crippen LogP contribution in [0, 0.1) is 0 Å². The molecule has 2 atom stereocenters. The highest BCUT2D eigenvalue weighted by molar-refractivity contribution is 7.99. The Bertz CT molecular complexity index is 402. The van der Waals surface area contributed by atoms with Gasteiger partial charge < -0.3 is 15.8 Å². The largest absolute Gasteiger partial charge is 0.377 e. The lowest BCUT2D eigenvalue weighted by atomic mass is 10.3. The van der Waals surface area contributed by atoms with Crippen LogP contribution < -0.4 is 11.1 Å². The van der Waals surface area contributed by atoms with E-state index in [-0.39, 0.29) is 6.10 Å². The van der Waals surface area contributed by atoms with Crippen LogP contribution in [0.1, 0.15) is 26.7 Å². The molecule has 0 radical (unpaired) electrons. The highest BCUT2D eigenvalue weighted by Gasteiger charge is 2.25. The summed E-state index contributed by atoms with van der Waals surface area (Å²) in [6.07, 6.45) is 2.39. The first-order chi connectivity index (χ1) is 8.69. The van der Waals surface area contributed by atoms with Crippen molar-refractivity contribution in [2.24, 2.45) is 0 Å². The first-order valence-corrected chi connectivity index (χ1v) is 7.23. The van der Waals surface area contributed by atoms with E-state index in [1.807, 2.05) is 6.07 Å². The zero-order chi connectivity index (χ0) is 13.0. The van der Waals surface area contributed by atoms with E-state index in [9.17, 15) is 0 Å². The van der Waals surface area contributed by atoms with Gasteiger partial charge in [-0.25, -0.2) is 4.98 Å². The zero-order valence-electron chi connectivity index (χ0n) is 10.8. The Balaban J connectivity index is 2.05. The molecule has 18 heavy (non-hydrogen) atoms. The summed E-state index contributed by atoms with van der Waals surface area (Å²) in [6, 6.07) is 1.96. The summed E-state index contributed by atoms with van der Waals surface area (Å²) in [5.41, 5.74) is 5.73. The summed E-state index contributed by atoms with van der Waals surface area (Å²) >= 11 is 1.72. The van der Waals surface area contributed by atoms with Crippen LogP contribution in [0.2, 0.25) is 0 Å². The maximum atomic E-state index is 5.73. The van der Waals surface area contributed by atoms with Crippen molar-refractivity contribution in [1.82, 2.24) is 9.97 Å². The lowest BCUT2D eigenvalue weighted by Gasteiger charge is -2.13. The zero-order valence-corrected chi connectivity index (χ0v) is 11.7. The van der Waals surface area contributed by atoms with Crippen LogP contribution in [0.3, 0.4) is 0 Å². The molecular weight excluding hydrogens is 248 g/mol. The molecule has 0 saturated carbocycles. The van der Waals surface area contributed by atoms with Gasteiger partial charge in [-0.2, -0.15) is 4.98 Å². The van der Waals surface area contributed by atoms with Crippen LogP contribution in [-0.4, -0.2) is 34.5 Å². The van der Waals surface area contributed by atoms with Gasteiger partial charge in [0.05, 0.1) is 6.10 Å². The van der Waals surface area contributed by atoms with E-state index in [1.54, 1.807) is 11.8 Å². The molecule has 0 aliphatic carbocycles. The average molecular weight is 268 g/mol. The van der Waals surface area contributed by atoms with Gasteiger partial charge in [-0.15, -0.1) is 0 Å². The molecular formula is C12H20N4OS. The molecule has 1 aromatic heterocycles. The van der Waals surface area contributed by atoms with Gasteiger partial charge in [-0.05, 0) is 19.8 Å². The number of hydrogen-bond donors (Lipinski definition) is 2. The summed E-state index contributed by atoms with van der Waals surface area (Å²) in [4.78, 5) is 8.45. The molecule has 0 aromatic carbocycles. The van der Waals surface area contributed by atoms with Crippen molar-refractivity contribution >= 4 is 23.5 Å². The van der Waals surface area contributed by atoms with E-state index >= 15 is 0 Å². The summed E-state index contributed by atoms with van der Waals surface area (Å²) < 4.78 is 5.55. The molecule has 1 saturated heterocycles. The van der Waals surface area contributed by atoms with Crippen molar-refractivity contribution in [2.75, 3.05) is 24.2 Å². The lowest BCUT2D eigenvalue weighted by molar-refractivity contribution is 0.127. The van der Waals surface area contributed by atoms with Crippen molar-refractivity contribution in [2.45, 2.75) is 43.1 Å². The molecule has 1 fully saturated rings. The number of nitrogens with two attached hydrogens (primary N) is 1. The van der Waals surface area contributed by atoms with Gasteiger partial charge in [0.15, 0.2) is 0 Å². The van der Waals surface area contributed by atoms with Crippen molar-refractivity contribution in [1.29, 1.82) is 0 Å². The van der Waals surface area contributed by atoms with Gasteiger partial charge in [-0.3, -0.25) is 0 Å². The lowest BCUT2D eigenvalue weighted by Crippen LogP contribution is -2.14. The molecule has 0 spiro atoms. The van der Waals surface area contributed by atoms with Gasteiger partial charge in [-0.1, -0.05) is 18.7 Å². The number of anilines is 2. The standard InChI is InChI=1S/C12H20N4OS/c1-3-5-14-10-7-11(16-12(13)15-10)18-9-4-6-17-8(9)2/h7-9H,3-6H2,1-2H3,(H3,13,14,15,16). The third kappa shape index (κ3) is 3.49. The van der Waals surface area contributed by atoms with E-state index in [4.69, 9.17) is 10.5 Å². The quantitative estimate of drug-likeness (QED) is 0.797. The number of thioether (sulfide) groups is 1. The SMILES string of the molecule is CCCNc1cc(SC2CCOC2C)nc(N)n1. The fourth-order valence-electron chi connectivity index (χ4n) is 1.87. The first kappa shape index (κ1) is 13.4. The Morgan fingerprint density at radius 2 is 2.39 bits per heavy atom. The van der Waals surface area contributed by atoms with Crippen LogP contribution in [0.4, 0.5) is 11.8 Å². The number of nitrogens with one attached hydrogen (secondary N) is 1. The number of aromatic nitrogens is 2. The third-order valence-electron chi connectivity index (χ3n) is 2.85. The summed E-state index contributed by atoms with van der Waals surface area (Å²) in [5, 5.41) is 4.61. The molecule has 3 N–H and O–H groups in total. The van der Waals surface area contributed by atoms with Gasteiger partial charge >= 0.3 is 0 Å². The Morgan fingerprint density at radius 3 is 3.06 bits per heavy atom. The monoisotopic (exact) mass is 268 g/mol. The Morgan fingerprint density at radius 1 is 1.56 bits per heavy atom. The molecule has 2 heterocycles. The summed E-state index contributed by atoms with van der Waals surface area (Å²) in [6.45, 7) is 5.94. The molecule has 1 aliphatic heterocycles. The fraction of sp³-hybridized carbons (Fsp3) is 0.667. The Kier molecular flexibility index (Phi) is 4.66. The van der Waals surface area contributed by atoms with Crippen LogP contribution in [0.25, 0.3) is 0 Å². The summed E-state index contributed by atoms with van der Waals surface area (Å²) in [7, 11) is 0. The van der Waals surface area contributed by atoms with Crippen molar-refractivity contribution in [3.8, 4) is 0 Å². The number of hydrogen-bond acceptors (Lipinski definition) is 6. The maximum absolute atomic E-state index is 5.73. The minimum absolute atomic E-state index is 0.276. The van der Waals surface area contributed by atoms with Crippen molar-refractivity contribution in [3.05, 3.63) is 6.07 Å². The molecule has 5 nitrogen and oxygen atoms in total. The maximum Gasteiger partial charge on any atom is 0.223 e. The molecule has 100 valence electrons. The number of nitrogen functional groups attached to an aromatic ring is 1. The van der Waals surface area contributed by atoms with E-state index in [0.29, 0.717) is 11.2 Å². The second-order valence-electron chi connectivity index (χ2n) is 4.40. The second kappa shape index (κ2) is 6.24. The van der Waals surface area contributed by atoms with E-state index in [0.717, 1.165) is 36.8 Å². The van der Waals surface area contributed by atoms with E-state index in [1.165, 1.54) is 0 Å². The third-order valence-corrected chi connectivity index (χ3v) is 4.23.